The highest BCUT2D eigenvalue weighted by molar-refractivity contribution is 5.97. The minimum atomic E-state index is -0.630. The van der Waals surface area contributed by atoms with Crippen LogP contribution in [0.25, 0.3) is 0 Å². The van der Waals surface area contributed by atoms with Crippen molar-refractivity contribution in [2.45, 2.75) is 26.4 Å². The van der Waals surface area contributed by atoms with E-state index in [1.165, 1.54) is 0 Å². The Labute approximate surface area is 141 Å². The van der Waals surface area contributed by atoms with Crippen LogP contribution in [0.2, 0.25) is 0 Å². The summed E-state index contributed by atoms with van der Waals surface area (Å²) in [5.74, 6) is 0.729. The van der Waals surface area contributed by atoms with Crippen LogP contribution >= 0.6 is 0 Å². The van der Waals surface area contributed by atoms with Gasteiger partial charge in [0.25, 0.3) is 5.91 Å². The Morgan fingerprint density at radius 2 is 1.88 bits per heavy atom. The van der Waals surface area contributed by atoms with Crippen molar-refractivity contribution in [1.82, 2.24) is 10.6 Å². The lowest BCUT2D eigenvalue weighted by Crippen LogP contribution is -2.49. The summed E-state index contributed by atoms with van der Waals surface area (Å²) in [5, 5.41) is 5.55. The molecule has 1 atom stereocenters. The molecule has 128 valence electrons. The molecule has 2 N–H and O–H groups in total. The molecule has 0 saturated heterocycles. The predicted molar refractivity (Wildman–Crippen MR) is 89.6 cm³/mol. The molecule has 1 aromatic carbocycles. The molecule has 6 nitrogen and oxygen atoms in total. The molecule has 2 amide bonds. The SMILES string of the molecule is COc1ccc(C(=O)N[C@@H](C(=O)NCc2ccco2)C(C)C)cc1. The first-order valence-corrected chi connectivity index (χ1v) is 7.76. The molecule has 0 fully saturated rings. The quantitative estimate of drug-likeness (QED) is 0.817. The van der Waals surface area contributed by atoms with Crippen LogP contribution in [0.4, 0.5) is 0 Å². The molecule has 0 bridgehead atoms. The lowest BCUT2D eigenvalue weighted by atomic mass is 10.0. The molecule has 0 saturated carbocycles. The van der Waals surface area contributed by atoms with E-state index >= 15 is 0 Å². The first kappa shape index (κ1) is 17.6. The molecular formula is C18H22N2O4. The van der Waals surface area contributed by atoms with Gasteiger partial charge in [0.15, 0.2) is 0 Å². The van der Waals surface area contributed by atoms with E-state index in [1.54, 1.807) is 49.8 Å². The molecular weight excluding hydrogens is 308 g/mol. The summed E-state index contributed by atoms with van der Waals surface area (Å²) in [4.78, 5) is 24.7. The molecule has 1 aromatic heterocycles. The number of rotatable bonds is 7. The van der Waals surface area contributed by atoms with Gasteiger partial charge in [-0.1, -0.05) is 13.8 Å². The number of benzene rings is 1. The molecule has 6 heteroatoms. The van der Waals surface area contributed by atoms with Gasteiger partial charge in [-0.2, -0.15) is 0 Å². The van der Waals surface area contributed by atoms with Crippen LogP contribution in [0.1, 0.15) is 30.0 Å². The normalized spacial score (nSPS) is 11.8. The van der Waals surface area contributed by atoms with Crippen LogP contribution in [0.5, 0.6) is 5.75 Å². The minimum absolute atomic E-state index is 0.0520. The number of hydrogen-bond acceptors (Lipinski definition) is 4. The highest BCUT2D eigenvalue weighted by Gasteiger charge is 2.24. The Hall–Kier alpha value is -2.76. The van der Waals surface area contributed by atoms with Gasteiger partial charge < -0.3 is 19.8 Å². The largest absolute Gasteiger partial charge is 0.497 e. The zero-order valence-corrected chi connectivity index (χ0v) is 14.0. The molecule has 0 spiro atoms. The number of carbonyl (C=O) groups is 2. The molecule has 0 aliphatic rings. The highest BCUT2D eigenvalue weighted by Crippen LogP contribution is 2.12. The molecule has 1 heterocycles. The summed E-state index contributed by atoms with van der Waals surface area (Å²) < 4.78 is 10.3. The van der Waals surface area contributed by atoms with Crippen molar-refractivity contribution in [3.8, 4) is 5.75 Å². The average molecular weight is 330 g/mol. The molecule has 0 aliphatic heterocycles. The number of hydrogen-bond donors (Lipinski definition) is 2. The Morgan fingerprint density at radius 3 is 2.42 bits per heavy atom. The third-order valence-electron chi connectivity index (χ3n) is 3.60. The van der Waals surface area contributed by atoms with Gasteiger partial charge in [0, 0.05) is 5.56 Å². The van der Waals surface area contributed by atoms with Gasteiger partial charge in [-0.05, 0) is 42.3 Å². The van der Waals surface area contributed by atoms with E-state index in [2.05, 4.69) is 10.6 Å². The maximum absolute atomic E-state index is 12.4. The van der Waals surface area contributed by atoms with Gasteiger partial charge in [0.1, 0.15) is 17.6 Å². The van der Waals surface area contributed by atoms with Crippen LogP contribution in [-0.4, -0.2) is 25.0 Å². The maximum Gasteiger partial charge on any atom is 0.251 e. The lowest BCUT2D eigenvalue weighted by Gasteiger charge is -2.21. The topological polar surface area (TPSA) is 80.6 Å². The van der Waals surface area contributed by atoms with E-state index < -0.39 is 6.04 Å². The van der Waals surface area contributed by atoms with E-state index in [1.807, 2.05) is 13.8 Å². The molecule has 2 rings (SSSR count). The molecule has 0 radical (unpaired) electrons. The summed E-state index contributed by atoms with van der Waals surface area (Å²) in [5.41, 5.74) is 0.472. The summed E-state index contributed by atoms with van der Waals surface area (Å²) in [6, 6.07) is 9.63. The summed E-state index contributed by atoms with van der Waals surface area (Å²) in [6.07, 6.45) is 1.55. The van der Waals surface area contributed by atoms with E-state index in [-0.39, 0.29) is 24.3 Å². The smallest absolute Gasteiger partial charge is 0.251 e. The van der Waals surface area contributed by atoms with Crippen LogP contribution in [0, 0.1) is 5.92 Å². The van der Waals surface area contributed by atoms with Crippen molar-refractivity contribution in [2.24, 2.45) is 5.92 Å². The Balaban J connectivity index is 1.98. The van der Waals surface area contributed by atoms with Crippen LogP contribution in [0.15, 0.2) is 47.1 Å². The number of furan rings is 1. The zero-order chi connectivity index (χ0) is 17.5. The van der Waals surface area contributed by atoms with E-state index in [9.17, 15) is 9.59 Å². The summed E-state index contributed by atoms with van der Waals surface area (Å²) >= 11 is 0. The fourth-order valence-electron chi connectivity index (χ4n) is 2.20. The van der Waals surface area contributed by atoms with Crippen molar-refractivity contribution in [2.75, 3.05) is 7.11 Å². The Kier molecular flexibility index (Phi) is 6.01. The second kappa shape index (κ2) is 8.19. The Bertz CT molecular complexity index is 663. The minimum Gasteiger partial charge on any atom is -0.497 e. The van der Waals surface area contributed by atoms with Crippen molar-refractivity contribution in [3.05, 3.63) is 54.0 Å². The van der Waals surface area contributed by atoms with Gasteiger partial charge in [-0.15, -0.1) is 0 Å². The maximum atomic E-state index is 12.4. The number of amides is 2. The van der Waals surface area contributed by atoms with Gasteiger partial charge >= 0.3 is 0 Å². The van der Waals surface area contributed by atoms with Crippen molar-refractivity contribution in [3.63, 3.8) is 0 Å². The van der Waals surface area contributed by atoms with Crippen molar-refractivity contribution >= 4 is 11.8 Å². The fourth-order valence-corrected chi connectivity index (χ4v) is 2.20. The lowest BCUT2D eigenvalue weighted by molar-refractivity contribution is -0.124. The van der Waals surface area contributed by atoms with Crippen LogP contribution in [0.3, 0.4) is 0 Å². The Morgan fingerprint density at radius 1 is 1.17 bits per heavy atom. The van der Waals surface area contributed by atoms with Gasteiger partial charge in [-0.3, -0.25) is 9.59 Å². The second-order valence-electron chi connectivity index (χ2n) is 5.72. The van der Waals surface area contributed by atoms with E-state index in [0.717, 1.165) is 0 Å². The van der Waals surface area contributed by atoms with E-state index in [4.69, 9.17) is 9.15 Å². The van der Waals surface area contributed by atoms with Crippen LogP contribution in [-0.2, 0) is 11.3 Å². The zero-order valence-electron chi connectivity index (χ0n) is 14.0. The first-order valence-electron chi connectivity index (χ1n) is 7.76. The standard InChI is InChI=1S/C18H22N2O4/c1-12(2)16(18(22)19-11-15-5-4-10-24-15)20-17(21)13-6-8-14(23-3)9-7-13/h4-10,12,16H,11H2,1-3H3,(H,19,22)(H,20,21)/t16-/m1/s1. The molecule has 2 aromatic rings. The number of ether oxygens (including phenoxy) is 1. The number of nitrogens with one attached hydrogen (secondary N) is 2. The summed E-state index contributed by atoms with van der Waals surface area (Å²) in [7, 11) is 1.56. The highest BCUT2D eigenvalue weighted by atomic mass is 16.5. The predicted octanol–water partition coefficient (Wildman–Crippen LogP) is 2.36. The third-order valence-corrected chi connectivity index (χ3v) is 3.60. The van der Waals surface area contributed by atoms with Gasteiger partial charge in [0.2, 0.25) is 5.91 Å². The molecule has 24 heavy (non-hydrogen) atoms. The van der Waals surface area contributed by atoms with E-state index in [0.29, 0.717) is 17.1 Å². The fraction of sp³-hybridized carbons (Fsp3) is 0.333. The second-order valence-corrected chi connectivity index (χ2v) is 5.72. The van der Waals surface area contributed by atoms with Gasteiger partial charge in [0.05, 0.1) is 19.9 Å². The molecule has 0 aliphatic carbocycles. The van der Waals surface area contributed by atoms with Gasteiger partial charge in [-0.25, -0.2) is 0 Å². The summed E-state index contributed by atoms with van der Waals surface area (Å²) in [6.45, 7) is 4.05. The average Bonchev–Trinajstić information content (AvgIpc) is 3.10. The molecule has 0 unspecified atom stereocenters. The van der Waals surface area contributed by atoms with Crippen molar-refractivity contribution < 1.29 is 18.7 Å². The first-order chi connectivity index (χ1) is 11.5. The van der Waals surface area contributed by atoms with Crippen LogP contribution < -0.4 is 15.4 Å². The third kappa shape index (κ3) is 4.62. The van der Waals surface area contributed by atoms with Crippen molar-refractivity contribution in [1.29, 1.82) is 0 Å². The number of carbonyl (C=O) groups excluding carboxylic acids is 2. The number of methoxy groups -OCH3 is 1. The monoisotopic (exact) mass is 330 g/mol.